The molecule has 1 aromatic heterocycles. The normalized spacial score (nSPS) is 11.3. The van der Waals surface area contributed by atoms with Crippen LogP contribution in [0.15, 0.2) is 48.8 Å². The fraction of sp³-hybridized carbons (Fsp3) is 0. The van der Waals surface area contributed by atoms with E-state index < -0.39 is 16.0 Å². The van der Waals surface area contributed by atoms with Gasteiger partial charge in [0.2, 0.25) is 0 Å². The van der Waals surface area contributed by atoms with Gasteiger partial charge in [-0.1, -0.05) is 6.07 Å². The van der Waals surface area contributed by atoms with Crippen molar-refractivity contribution >= 4 is 15.9 Å². The van der Waals surface area contributed by atoms with Gasteiger partial charge in [-0.15, -0.1) is 0 Å². The maximum Gasteiger partial charge on any atom is 0.327 e. The first-order chi connectivity index (χ1) is 7.58. The summed E-state index contributed by atoms with van der Waals surface area (Å²) >= 11 is 0. The molecule has 1 heterocycles. The predicted molar refractivity (Wildman–Crippen MR) is 58.8 cm³/mol. The topological polar surface area (TPSA) is 51.1 Å². The fourth-order valence-electron chi connectivity index (χ4n) is 1.23. The van der Waals surface area contributed by atoms with Gasteiger partial charge in [0.1, 0.15) is 5.82 Å². The summed E-state index contributed by atoms with van der Waals surface area (Å²) in [5.74, 6) is -0.493. The van der Waals surface area contributed by atoms with Crippen molar-refractivity contribution in [2.24, 2.45) is 0 Å². The van der Waals surface area contributed by atoms with Crippen LogP contribution in [0.25, 0.3) is 0 Å². The van der Waals surface area contributed by atoms with E-state index >= 15 is 0 Å². The number of benzene rings is 1. The average Bonchev–Trinajstić information content (AvgIpc) is 2.69. The third-order valence-electron chi connectivity index (χ3n) is 1.93. The number of halogens is 1. The highest BCUT2D eigenvalue weighted by molar-refractivity contribution is 7.91. The lowest BCUT2D eigenvalue weighted by molar-refractivity contribution is 0.593. The number of nitrogens with zero attached hydrogens (tertiary/aromatic N) is 1. The van der Waals surface area contributed by atoms with Gasteiger partial charge in [0.25, 0.3) is 0 Å². The molecular weight excluding hydrogens is 231 g/mol. The molecular formula is C10H9FN2O2S. The van der Waals surface area contributed by atoms with E-state index in [0.29, 0.717) is 0 Å². The van der Waals surface area contributed by atoms with Crippen molar-refractivity contribution in [3.63, 3.8) is 0 Å². The quantitative estimate of drug-likeness (QED) is 0.889. The molecule has 2 rings (SSSR count). The molecule has 84 valence electrons. The van der Waals surface area contributed by atoms with E-state index in [4.69, 9.17) is 0 Å². The summed E-state index contributed by atoms with van der Waals surface area (Å²) in [6.45, 7) is 0. The SMILES string of the molecule is O=S(=O)(Nc1cccc(F)c1)n1cccc1. The van der Waals surface area contributed by atoms with Crippen LogP contribution in [0, 0.1) is 5.82 Å². The van der Waals surface area contributed by atoms with Gasteiger partial charge in [0.15, 0.2) is 0 Å². The summed E-state index contributed by atoms with van der Waals surface area (Å²) in [7, 11) is -3.69. The highest BCUT2D eigenvalue weighted by Crippen LogP contribution is 2.12. The highest BCUT2D eigenvalue weighted by Gasteiger charge is 2.11. The zero-order chi connectivity index (χ0) is 11.6. The number of hydrogen-bond acceptors (Lipinski definition) is 2. The van der Waals surface area contributed by atoms with Crippen LogP contribution in [0.1, 0.15) is 0 Å². The molecule has 0 unspecified atom stereocenters. The first-order valence-electron chi connectivity index (χ1n) is 4.50. The molecule has 4 nitrogen and oxygen atoms in total. The molecule has 0 radical (unpaired) electrons. The van der Waals surface area contributed by atoms with Gasteiger partial charge in [-0.25, -0.2) is 8.36 Å². The van der Waals surface area contributed by atoms with E-state index in [0.717, 1.165) is 10.0 Å². The first-order valence-corrected chi connectivity index (χ1v) is 5.94. The molecule has 2 aromatic rings. The summed E-state index contributed by atoms with van der Waals surface area (Å²) in [6.07, 6.45) is 2.78. The molecule has 0 aliphatic carbocycles. The molecule has 1 aromatic carbocycles. The van der Waals surface area contributed by atoms with Crippen molar-refractivity contribution in [3.8, 4) is 0 Å². The van der Waals surface area contributed by atoms with Crippen LogP contribution in [-0.2, 0) is 10.2 Å². The minimum absolute atomic E-state index is 0.189. The third-order valence-corrected chi connectivity index (χ3v) is 3.22. The molecule has 0 bridgehead atoms. The predicted octanol–water partition coefficient (Wildman–Crippen LogP) is 1.83. The van der Waals surface area contributed by atoms with Crippen LogP contribution in [0.5, 0.6) is 0 Å². The molecule has 1 N–H and O–H groups in total. The lowest BCUT2D eigenvalue weighted by Gasteiger charge is -2.08. The summed E-state index contributed by atoms with van der Waals surface area (Å²) in [5, 5.41) is 0. The summed E-state index contributed by atoms with van der Waals surface area (Å²) in [5.41, 5.74) is 0.189. The number of nitrogens with one attached hydrogen (secondary N) is 1. The molecule has 0 spiro atoms. The Hall–Kier alpha value is -1.82. The number of hydrogen-bond donors (Lipinski definition) is 1. The van der Waals surface area contributed by atoms with Crippen LogP contribution in [0.4, 0.5) is 10.1 Å². The second-order valence-electron chi connectivity index (χ2n) is 3.13. The van der Waals surface area contributed by atoms with Crippen molar-refractivity contribution in [1.29, 1.82) is 0 Å². The Labute approximate surface area is 92.5 Å². The van der Waals surface area contributed by atoms with Crippen LogP contribution < -0.4 is 4.72 Å². The summed E-state index contributed by atoms with van der Waals surface area (Å²) in [6, 6.07) is 8.44. The fourth-order valence-corrected chi connectivity index (χ4v) is 2.22. The zero-order valence-electron chi connectivity index (χ0n) is 8.17. The van der Waals surface area contributed by atoms with E-state index in [1.165, 1.54) is 30.6 Å². The molecule has 0 amide bonds. The molecule has 0 aliphatic heterocycles. The third kappa shape index (κ3) is 2.22. The summed E-state index contributed by atoms with van der Waals surface area (Å²) in [4.78, 5) is 0. The zero-order valence-corrected chi connectivity index (χ0v) is 8.99. The second kappa shape index (κ2) is 3.97. The molecule has 0 saturated heterocycles. The Kier molecular flexibility index (Phi) is 2.66. The van der Waals surface area contributed by atoms with Gasteiger partial charge >= 0.3 is 10.2 Å². The van der Waals surface area contributed by atoms with Crippen LogP contribution in [0.2, 0.25) is 0 Å². The van der Waals surface area contributed by atoms with Crippen LogP contribution in [0.3, 0.4) is 0 Å². The van der Waals surface area contributed by atoms with E-state index in [1.54, 1.807) is 12.1 Å². The molecule has 0 aliphatic rings. The van der Waals surface area contributed by atoms with Gasteiger partial charge in [-0.05, 0) is 30.3 Å². The largest absolute Gasteiger partial charge is 0.327 e. The van der Waals surface area contributed by atoms with E-state index in [2.05, 4.69) is 4.72 Å². The Balaban J connectivity index is 2.29. The maximum absolute atomic E-state index is 12.8. The lowest BCUT2D eigenvalue weighted by Crippen LogP contribution is -2.19. The van der Waals surface area contributed by atoms with Gasteiger partial charge in [-0.2, -0.15) is 8.42 Å². The molecule has 16 heavy (non-hydrogen) atoms. The van der Waals surface area contributed by atoms with Crippen molar-refractivity contribution in [1.82, 2.24) is 3.97 Å². The second-order valence-corrected chi connectivity index (χ2v) is 4.71. The summed E-state index contributed by atoms with van der Waals surface area (Å²) < 4.78 is 39.5. The molecule has 0 atom stereocenters. The molecule has 0 saturated carbocycles. The first kappa shape index (κ1) is 10.7. The van der Waals surface area contributed by atoms with Gasteiger partial charge in [-0.3, -0.25) is 4.72 Å². The lowest BCUT2D eigenvalue weighted by atomic mass is 10.3. The molecule has 0 fully saturated rings. The van der Waals surface area contributed by atoms with Crippen molar-refractivity contribution in [2.75, 3.05) is 4.72 Å². The van der Waals surface area contributed by atoms with E-state index in [-0.39, 0.29) is 5.69 Å². The van der Waals surface area contributed by atoms with Crippen molar-refractivity contribution in [2.45, 2.75) is 0 Å². The van der Waals surface area contributed by atoms with Crippen molar-refractivity contribution in [3.05, 3.63) is 54.6 Å². The minimum atomic E-state index is -3.69. The average molecular weight is 240 g/mol. The number of aromatic nitrogens is 1. The Morgan fingerprint density at radius 2 is 1.81 bits per heavy atom. The Morgan fingerprint density at radius 1 is 1.12 bits per heavy atom. The Morgan fingerprint density at radius 3 is 2.44 bits per heavy atom. The minimum Gasteiger partial charge on any atom is -0.266 e. The smallest absolute Gasteiger partial charge is 0.266 e. The monoisotopic (exact) mass is 240 g/mol. The Bertz CT molecular complexity index is 579. The molecule has 6 heteroatoms. The van der Waals surface area contributed by atoms with Gasteiger partial charge in [0.05, 0.1) is 5.69 Å². The van der Waals surface area contributed by atoms with E-state index in [1.807, 2.05) is 0 Å². The maximum atomic E-state index is 12.8. The van der Waals surface area contributed by atoms with Gasteiger partial charge in [0, 0.05) is 12.4 Å². The van der Waals surface area contributed by atoms with Crippen LogP contribution in [-0.4, -0.2) is 12.4 Å². The standard InChI is InChI=1S/C10H9FN2O2S/c11-9-4-3-5-10(8-9)12-16(14,15)13-6-1-2-7-13/h1-8,12H. The van der Waals surface area contributed by atoms with Crippen molar-refractivity contribution < 1.29 is 12.8 Å². The number of rotatable bonds is 3. The highest BCUT2D eigenvalue weighted by atomic mass is 32.2. The van der Waals surface area contributed by atoms with Crippen LogP contribution >= 0.6 is 0 Å². The van der Waals surface area contributed by atoms with Gasteiger partial charge < -0.3 is 0 Å². The van der Waals surface area contributed by atoms with E-state index in [9.17, 15) is 12.8 Å². The number of anilines is 1.